The smallest absolute Gasteiger partial charge is 0.143 e. The molecule has 19 aromatic carbocycles. The lowest BCUT2D eigenvalue weighted by Gasteiger charge is -2.18. The highest BCUT2D eigenvalue weighted by molar-refractivity contribution is 6.25. The summed E-state index contributed by atoms with van der Waals surface area (Å²) in [6.45, 7) is 0. The molecule has 0 aliphatic heterocycles. The Labute approximate surface area is 696 Å². The van der Waals surface area contributed by atoms with Gasteiger partial charge in [0.1, 0.15) is 33.5 Å². The Bertz CT molecular complexity index is 8210. The fourth-order valence-electron chi connectivity index (χ4n) is 18.9. The highest BCUT2D eigenvalue weighted by Crippen LogP contribution is 2.50. The van der Waals surface area contributed by atoms with E-state index in [0.717, 1.165) is 121 Å². The predicted octanol–water partition coefficient (Wildman–Crippen LogP) is 32.0. The number of aromatic nitrogens is 3. The summed E-state index contributed by atoms with van der Waals surface area (Å²) < 4.78 is 19.0. The van der Waals surface area contributed by atoms with Crippen LogP contribution < -0.4 is 0 Å². The quantitative estimate of drug-likeness (QED) is 0.134. The van der Waals surface area contributed by atoms with Crippen LogP contribution in [0.3, 0.4) is 0 Å². The molecule has 564 valence electrons. The number of pyridine rings is 3. The van der Waals surface area contributed by atoms with Crippen molar-refractivity contribution in [3.05, 3.63) is 431 Å². The van der Waals surface area contributed by atoms with Gasteiger partial charge in [-0.15, -0.1) is 0 Å². The highest BCUT2D eigenvalue weighted by Gasteiger charge is 2.24. The van der Waals surface area contributed by atoms with Crippen molar-refractivity contribution in [1.29, 1.82) is 0 Å². The van der Waals surface area contributed by atoms with Gasteiger partial charge in [-0.3, -0.25) is 15.0 Å². The summed E-state index contributed by atoms with van der Waals surface area (Å²) in [4.78, 5) is 13.8. The standard InChI is InChI=1S/C41H25NO.2C37H23NO/c1-7-18-37-28(10-1)24-29(25-42-37)40-34-14-4-2-12-32(34)39(33-13-3-5-15-35(33)40)27-22-20-26(21-23-27)30-16-9-17-36-31-11-6-8-19-38(31)43-41(30)36;1-3-14-31-29(12-1)35(24-19-21-38-22-20-24)30-13-2-4-15-32(30)36(31)26-10-7-9-25(23-26)27-16-8-17-33-28-11-5-6-18-34(28)39-37(27)33;1-3-13-30-28(11-1)35(29-12-2-4-14-31(29)36(30)33-17-7-8-23-38-33)25-21-19-24(20-22-25)26-15-9-16-32-27-10-5-6-18-34(27)39-37(26)32/h1-25H;2*1-23H. The van der Waals surface area contributed by atoms with Crippen molar-refractivity contribution in [1.82, 2.24) is 15.0 Å². The van der Waals surface area contributed by atoms with E-state index in [2.05, 4.69) is 363 Å². The first-order valence-corrected chi connectivity index (χ1v) is 41.1. The highest BCUT2D eigenvalue weighted by atomic mass is 16.3. The maximum atomic E-state index is 6.38. The number of benzene rings is 19. The molecule has 6 aromatic heterocycles. The SMILES string of the molecule is c1cc(-c2c3ccccc3c(-c3ccncc3)c3ccccc23)cc(-c2cccc3c2oc2ccccc23)c1.c1ccc(-c2c3ccccc3c(-c3ccc(-c4cccc5c4oc4ccccc45)cc3)c3ccccc23)nc1.c1ccc2ncc(-c3c4ccccc4c(-c4ccc(-c5cccc6c5oc5ccccc56)cc4)c4ccccc34)cc2c1. The molecule has 0 spiro atoms. The number of fused-ring (bicyclic) bond motifs is 16. The normalized spacial score (nSPS) is 11.6. The second-order valence-corrected chi connectivity index (χ2v) is 31.0. The summed E-state index contributed by atoms with van der Waals surface area (Å²) in [6, 6.07) is 144. The van der Waals surface area contributed by atoms with Gasteiger partial charge in [0.15, 0.2) is 0 Å². The maximum Gasteiger partial charge on any atom is 0.143 e. The maximum absolute atomic E-state index is 6.38. The third-order valence-corrected chi connectivity index (χ3v) is 24.2. The molecule has 0 aliphatic carbocycles. The largest absolute Gasteiger partial charge is 0.455 e. The second-order valence-electron chi connectivity index (χ2n) is 31.0. The van der Waals surface area contributed by atoms with Crippen molar-refractivity contribution in [3.63, 3.8) is 0 Å². The van der Waals surface area contributed by atoms with E-state index in [4.69, 9.17) is 23.2 Å². The van der Waals surface area contributed by atoms with Gasteiger partial charge >= 0.3 is 0 Å². The number of para-hydroxylation sites is 7. The third-order valence-electron chi connectivity index (χ3n) is 24.2. The lowest BCUT2D eigenvalue weighted by Crippen LogP contribution is -1.92. The van der Waals surface area contributed by atoms with Gasteiger partial charge in [-0.25, -0.2) is 0 Å². The van der Waals surface area contributed by atoms with Gasteiger partial charge in [-0.2, -0.15) is 0 Å². The molecule has 6 heterocycles. The minimum atomic E-state index is 0.916. The number of rotatable bonds is 9. The van der Waals surface area contributed by atoms with Crippen LogP contribution in [-0.4, -0.2) is 15.0 Å². The van der Waals surface area contributed by atoms with E-state index in [1.165, 1.54) is 120 Å². The Hall–Kier alpha value is -16.2. The van der Waals surface area contributed by atoms with Crippen LogP contribution in [-0.2, 0) is 0 Å². The zero-order chi connectivity index (χ0) is 79.9. The summed E-state index contributed by atoms with van der Waals surface area (Å²) in [5, 5.41) is 22.8. The van der Waals surface area contributed by atoms with Gasteiger partial charge in [0, 0.05) is 90.3 Å². The van der Waals surface area contributed by atoms with Crippen LogP contribution in [0.1, 0.15) is 0 Å². The van der Waals surface area contributed by atoms with Crippen molar-refractivity contribution >= 4 is 141 Å². The first-order chi connectivity index (χ1) is 60.1. The first kappa shape index (κ1) is 70.3. The van der Waals surface area contributed by atoms with E-state index in [1.807, 2.05) is 73.3 Å². The van der Waals surface area contributed by atoms with E-state index < -0.39 is 0 Å². The molecule has 25 aromatic rings. The fourth-order valence-corrected chi connectivity index (χ4v) is 18.9. The molecule has 0 amide bonds. The van der Waals surface area contributed by atoms with Gasteiger partial charge in [-0.1, -0.05) is 346 Å². The summed E-state index contributed by atoms with van der Waals surface area (Å²) >= 11 is 0. The molecule has 0 N–H and O–H groups in total. The minimum Gasteiger partial charge on any atom is -0.455 e. The van der Waals surface area contributed by atoms with Gasteiger partial charge in [0.05, 0.1) is 11.2 Å². The Morgan fingerprint density at radius 3 is 0.884 bits per heavy atom. The molecule has 6 nitrogen and oxygen atoms in total. The van der Waals surface area contributed by atoms with Crippen LogP contribution in [0.5, 0.6) is 0 Å². The second kappa shape index (κ2) is 29.5. The zero-order valence-electron chi connectivity index (χ0n) is 65.6. The predicted molar refractivity (Wildman–Crippen MR) is 506 cm³/mol. The van der Waals surface area contributed by atoms with Gasteiger partial charge in [0.25, 0.3) is 0 Å². The molecule has 0 radical (unpaired) electrons. The van der Waals surface area contributed by atoms with Crippen molar-refractivity contribution in [2.45, 2.75) is 0 Å². The van der Waals surface area contributed by atoms with Gasteiger partial charge in [-0.05, 0) is 192 Å². The fraction of sp³-hybridized carbons (Fsp3) is 0. The van der Waals surface area contributed by atoms with E-state index in [1.54, 1.807) is 0 Å². The zero-order valence-corrected chi connectivity index (χ0v) is 65.6. The molecule has 25 rings (SSSR count). The Balaban J connectivity index is 0.000000106. The summed E-state index contributed by atoms with van der Waals surface area (Å²) in [5.74, 6) is 0. The van der Waals surface area contributed by atoms with E-state index in [9.17, 15) is 0 Å². The summed E-state index contributed by atoms with van der Waals surface area (Å²) in [6.07, 6.45) is 7.63. The Morgan fingerprint density at radius 1 is 0.174 bits per heavy atom. The summed E-state index contributed by atoms with van der Waals surface area (Å²) in [5.41, 5.74) is 27.6. The molecule has 0 atom stereocenters. The lowest BCUT2D eigenvalue weighted by atomic mass is 9.85. The van der Waals surface area contributed by atoms with Crippen LogP contribution in [0.4, 0.5) is 0 Å². The molecule has 6 heteroatoms. The molecule has 0 bridgehead atoms. The topological polar surface area (TPSA) is 78.1 Å². The monoisotopic (exact) mass is 1540 g/mol. The molecule has 0 unspecified atom stereocenters. The number of furan rings is 3. The Kier molecular flexibility index (Phi) is 17.2. The van der Waals surface area contributed by atoms with E-state index in [-0.39, 0.29) is 0 Å². The van der Waals surface area contributed by atoms with E-state index >= 15 is 0 Å². The summed E-state index contributed by atoms with van der Waals surface area (Å²) in [7, 11) is 0. The van der Waals surface area contributed by atoms with Crippen LogP contribution in [0.2, 0.25) is 0 Å². The van der Waals surface area contributed by atoms with Crippen LogP contribution in [0.25, 0.3) is 242 Å². The van der Waals surface area contributed by atoms with Crippen molar-refractivity contribution in [2.24, 2.45) is 0 Å². The number of nitrogens with zero attached hydrogens (tertiary/aromatic N) is 3. The minimum absolute atomic E-state index is 0.916. The molecule has 0 fully saturated rings. The molecular formula is C115H71N3O3. The van der Waals surface area contributed by atoms with E-state index in [0.29, 0.717) is 0 Å². The van der Waals surface area contributed by atoms with Crippen LogP contribution >= 0.6 is 0 Å². The van der Waals surface area contributed by atoms with Crippen molar-refractivity contribution in [2.75, 3.05) is 0 Å². The molecule has 0 saturated carbocycles. The lowest BCUT2D eigenvalue weighted by molar-refractivity contribution is 0.669. The Morgan fingerprint density at radius 2 is 0.479 bits per heavy atom. The average molecular weight is 1540 g/mol. The van der Waals surface area contributed by atoms with Crippen molar-refractivity contribution in [3.8, 4) is 100 Å². The average Bonchev–Trinajstić information content (AvgIpc) is 1.69. The molecule has 121 heavy (non-hydrogen) atoms. The molecular weight excluding hydrogens is 1470 g/mol. The third kappa shape index (κ3) is 12.1. The van der Waals surface area contributed by atoms with Crippen LogP contribution in [0.15, 0.2) is 444 Å². The van der Waals surface area contributed by atoms with Crippen LogP contribution in [0, 0.1) is 0 Å². The molecule has 0 saturated heterocycles. The molecule has 0 aliphatic rings. The van der Waals surface area contributed by atoms with Gasteiger partial charge < -0.3 is 13.3 Å². The first-order valence-electron chi connectivity index (χ1n) is 41.1. The number of hydrogen-bond donors (Lipinski definition) is 0. The van der Waals surface area contributed by atoms with Crippen molar-refractivity contribution < 1.29 is 13.3 Å². The van der Waals surface area contributed by atoms with Gasteiger partial charge in [0.2, 0.25) is 0 Å². The number of hydrogen-bond acceptors (Lipinski definition) is 6.